The van der Waals surface area contributed by atoms with Gasteiger partial charge in [0.1, 0.15) is 0 Å². The monoisotopic (exact) mass is 266 g/mol. The number of anilines is 1. The Balaban J connectivity index is 3.25. The summed E-state index contributed by atoms with van der Waals surface area (Å²) >= 11 is 0. The third-order valence-electron chi connectivity index (χ3n) is 3.44. The number of aromatic carboxylic acids is 1. The molecule has 0 heterocycles. The van der Waals surface area contributed by atoms with Gasteiger partial charge in [0.25, 0.3) is 5.69 Å². The molecule has 1 rings (SSSR count). The Kier molecular flexibility index (Phi) is 4.47. The van der Waals surface area contributed by atoms with Gasteiger partial charge in [0.2, 0.25) is 0 Å². The van der Waals surface area contributed by atoms with E-state index in [1.807, 2.05) is 20.8 Å². The van der Waals surface area contributed by atoms with E-state index in [4.69, 9.17) is 5.11 Å². The number of non-ortho nitro benzene ring substituents is 1. The zero-order valence-electron chi connectivity index (χ0n) is 11.3. The maximum absolute atomic E-state index is 11.2. The van der Waals surface area contributed by atoms with Crippen molar-refractivity contribution in [2.45, 2.75) is 39.2 Å². The van der Waals surface area contributed by atoms with Crippen LogP contribution in [-0.2, 0) is 0 Å². The number of hydrogen-bond donors (Lipinski definition) is 2. The molecule has 0 aliphatic heterocycles. The lowest BCUT2D eigenvalue weighted by Gasteiger charge is -2.30. The summed E-state index contributed by atoms with van der Waals surface area (Å²) in [4.78, 5) is 21.4. The van der Waals surface area contributed by atoms with E-state index in [1.165, 1.54) is 18.2 Å². The van der Waals surface area contributed by atoms with Crippen LogP contribution in [0.3, 0.4) is 0 Å². The van der Waals surface area contributed by atoms with Gasteiger partial charge in [0.05, 0.1) is 16.2 Å². The van der Waals surface area contributed by atoms with Crippen LogP contribution < -0.4 is 5.32 Å². The van der Waals surface area contributed by atoms with Crippen LogP contribution >= 0.6 is 0 Å². The Morgan fingerprint density at radius 2 is 2.00 bits per heavy atom. The molecule has 1 aromatic rings. The molecule has 0 radical (unpaired) electrons. The van der Waals surface area contributed by atoms with Gasteiger partial charge >= 0.3 is 5.97 Å². The predicted molar refractivity (Wildman–Crippen MR) is 72.7 cm³/mol. The lowest BCUT2D eigenvalue weighted by atomic mass is 9.94. The second-order valence-electron chi connectivity index (χ2n) is 4.68. The van der Waals surface area contributed by atoms with Crippen LogP contribution in [0, 0.1) is 10.1 Å². The van der Waals surface area contributed by atoms with E-state index >= 15 is 0 Å². The van der Waals surface area contributed by atoms with E-state index < -0.39 is 10.9 Å². The minimum absolute atomic E-state index is 0.0405. The third-order valence-corrected chi connectivity index (χ3v) is 3.44. The number of carboxylic acids is 1. The number of hydrogen-bond acceptors (Lipinski definition) is 4. The fourth-order valence-electron chi connectivity index (χ4n) is 1.69. The minimum atomic E-state index is -1.10. The molecule has 0 spiro atoms. The smallest absolute Gasteiger partial charge is 0.337 e. The predicted octanol–water partition coefficient (Wildman–Crippen LogP) is 3.28. The third kappa shape index (κ3) is 3.43. The largest absolute Gasteiger partial charge is 0.478 e. The van der Waals surface area contributed by atoms with Gasteiger partial charge in [-0.25, -0.2) is 4.79 Å². The molecule has 104 valence electrons. The molecule has 0 aliphatic carbocycles. The SMILES string of the molecule is CCC(C)(CC)Nc1cc([N+](=O)[O-])ccc1C(=O)O. The van der Waals surface area contributed by atoms with Crippen LogP contribution in [0.1, 0.15) is 44.0 Å². The Morgan fingerprint density at radius 3 is 2.42 bits per heavy atom. The number of benzene rings is 1. The van der Waals surface area contributed by atoms with Crippen molar-refractivity contribution in [3.8, 4) is 0 Å². The molecule has 6 nitrogen and oxygen atoms in total. The number of carbonyl (C=O) groups is 1. The standard InChI is InChI=1S/C13H18N2O4/c1-4-13(3,5-2)14-11-8-9(15(18)19)6-7-10(11)12(16)17/h6-8,14H,4-5H2,1-3H3,(H,16,17). The van der Waals surface area contributed by atoms with Crippen molar-refractivity contribution in [1.82, 2.24) is 0 Å². The fraction of sp³-hybridized carbons (Fsp3) is 0.462. The molecule has 1 aromatic carbocycles. The van der Waals surface area contributed by atoms with E-state index in [0.29, 0.717) is 0 Å². The van der Waals surface area contributed by atoms with Crippen molar-refractivity contribution in [3.63, 3.8) is 0 Å². The van der Waals surface area contributed by atoms with Gasteiger partial charge in [-0.05, 0) is 25.8 Å². The average molecular weight is 266 g/mol. The van der Waals surface area contributed by atoms with Crippen LogP contribution in [0.4, 0.5) is 11.4 Å². The normalized spacial score (nSPS) is 11.1. The Labute approximate surface area is 111 Å². The van der Waals surface area contributed by atoms with E-state index in [9.17, 15) is 14.9 Å². The molecule has 0 saturated heterocycles. The molecule has 0 saturated carbocycles. The number of rotatable bonds is 6. The van der Waals surface area contributed by atoms with Crippen LogP contribution in [0.5, 0.6) is 0 Å². The first-order chi connectivity index (χ1) is 8.83. The summed E-state index contributed by atoms with van der Waals surface area (Å²) in [6.45, 7) is 5.92. The van der Waals surface area contributed by atoms with E-state index in [1.54, 1.807) is 0 Å². The van der Waals surface area contributed by atoms with Gasteiger partial charge in [0, 0.05) is 17.7 Å². The molecule has 0 aliphatic rings. The highest BCUT2D eigenvalue weighted by atomic mass is 16.6. The Bertz CT molecular complexity index is 495. The molecular weight excluding hydrogens is 248 g/mol. The molecule has 0 fully saturated rings. The van der Waals surface area contributed by atoms with Gasteiger partial charge in [-0.3, -0.25) is 10.1 Å². The molecule has 0 atom stereocenters. The number of nitro groups is 1. The van der Waals surface area contributed by atoms with E-state index in [2.05, 4.69) is 5.32 Å². The number of nitrogens with zero attached hydrogens (tertiary/aromatic N) is 1. The molecule has 0 bridgehead atoms. The first-order valence-electron chi connectivity index (χ1n) is 6.13. The zero-order chi connectivity index (χ0) is 14.6. The van der Waals surface area contributed by atoms with Crippen molar-refractivity contribution in [3.05, 3.63) is 33.9 Å². The topological polar surface area (TPSA) is 92.5 Å². The summed E-state index contributed by atoms with van der Waals surface area (Å²) in [5, 5.41) is 23.0. The molecule has 2 N–H and O–H groups in total. The summed E-state index contributed by atoms with van der Waals surface area (Å²) in [5.74, 6) is -1.10. The summed E-state index contributed by atoms with van der Waals surface area (Å²) < 4.78 is 0. The fourth-order valence-corrected chi connectivity index (χ4v) is 1.69. The average Bonchev–Trinajstić information content (AvgIpc) is 2.38. The highest BCUT2D eigenvalue weighted by Gasteiger charge is 2.23. The zero-order valence-corrected chi connectivity index (χ0v) is 11.3. The lowest BCUT2D eigenvalue weighted by molar-refractivity contribution is -0.384. The number of carboxylic acid groups (broad SMARTS) is 1. The number of nitro benzene ring substituents is 1. The van der Waals surface area contributed by atoms with Crippen LogP contribution in [0.15, 0.2) is 18.2 Å². The van der Waals surface area contributed by atoms with Crippen LogP contribution in [0.2, 0.25) is 0 Å². The van der Waals surface area contributed by atoms with Crippen molar-refractivity contribution in [1.29, 1.82) is 0 Å². The second kappa shape index (κ2) is 5.69. The Hall–Kier alpha value is -2.11. The van der Waals surface area contributed by atoms with E-state index in [-0.39, 0.29) is 22.5 Å². The van der Waals surface area contributed by atoms with Gasteiger partial charge in [-0.1, -0.05) is 13.8 Å². The van der Waals surface area contributed by atoms with Crippen molar-refractivity contribution in [2.75, 3.05) is 5.32 Å². The molecular formula is C13H18N2O4. The summed E-state index contributed by atoms with van der Waals surface area (Å²) in [7, 11) is 0. The Morgan fingerprint density at radius 1 is 1.42 bits per heavy atom. The highest BCUT2D eigenvalue weighted by Crippen LogP contribution is 2.28. The van der Waals surface area contributed by atoms with Gasteiger partial charge in [-0.15, -0.1) is 0 Å². The minimum Gasteiger partial charge on any atom is -0.478 e. The van der Waals surface area contributed by atoms with Crippen LogP contribution in [0.25, 0.3) is 0 Å². The first-order valence-corrected chi connectivity index (χ1v) is 6.13. The summed E-state index contributed by atoms with van der Waals surface area (Å²) in [5.41, 5.74) is -0.0898. The maximum Gasteiger partial charge on any atom is 0.337 e. The van der Waals surface area contributed by atoms with Crippen molar-refractivity contribution >= 4 is 17.3 Å². The second-order valence-corrected chi connectivity index (χ2v) is 4.68. The molecule has 6 heteroatoms. The quantitative estimate of drug-likeness (QED) is 0.608. The van der Waals surface area contributed by atoms with Gasteiger partial charge < -0.3 is 10.4 Å². The van der Waals surface area contributed by atoms with Gasteiger partial charge in [-0.2, -0.15) is 0 Å². The summed E-state index contributed by atoms with van der Waals surface area (Å²) in [6, 6.07) is 3.73. The summed E-state index contributed by atoms with van der Waals surface area (Å²) in [6.07, 6.45) is 1.57. The van der Waals surface area contributed by atoms with Crippen LogP contribution in [-0.4, -0.2) is 21.5 Å². The molecule has 19 heavy (non-hydrogen) atoms. The highest BCUT2D eigenvalue weighted by molar-refractivity contribution is 5.95. The van der Waals surface area contributed by atoms with Gasteiger partial charge in [0.15, 0.2) is 0 Å². The molecule has 0 amide bonds. The molecule has 0 unspecified atom stereocenters. The number of nitrogens with one attached hydrogen (secondary N) is 1. The maximum atomic E-state index is 11.2. The van der Waals surface area contributed by atoms with Crippen molar-refractivity contribution in [2.24, 2.45) is 0 Å². The van der Waals surface area contributed by atoms with E-state index in [0.717, 1.165) is 12.8 Å². The van der Waals surface area contributed by atoms with Crippen molar-refractivity contribution < 1.29 is 14.8 Å². The first kappa shape index (κ1) is 14.9. The lowest BCUT2D eigenvalue weighted by Crippen LogP contribution is -2.33. The molecule has 0 aromatic heterocycles.